The fraction of sp³-hybridized carbons (Fsp3) is 0.250. The fourth-order valence-electron chi connectivity index (χ4n) is 2.49. The molecule has 2 heterocycles. The summed E-state index contributed by atoms with van der Waals surface area (Å²) in [5.74, 6) is -0.262. The fourth-order valence-corrected chi connectivity index (χ4v) is 4.01. The number of rotatable bonds is 4. The van der Waals surface area contributed by atoms with Gasteiger partial charge in [0.1, 0.15) is 0 Å². The predicted molar refractivity (Wildman–Crippen MR) is 86.6 cm³/mol. The van der Waals surface area contributed by atoms with Crippen molar-refractivity contribution in [2.24, 2.45) is 0 Å². The maximum atomic E-state index is 12.4. The van der Waals surface area contributed by atoms with Gasteiger partial charge in [-0.25, -0.2) is 8.42 Å². The molecule has 0 bridgehead atoms. The number of amides is 1. The van der Waals surface area contributed by atoms with Crippen LogP contribution in [0.3, 0.4) is 0 Å². The van der Waals surface area contributed by atoms with E-state index in [9.17, 15) is 13.2 Å². The first-order valence-electron chi connectivity index (χ1n) is 7.39. The molecule has 1 saturated heterocycles. The molecule has 2 aromatic rings. The number of sulfonamides is 1. The summed E-state index contributed by atoms with van der Waals surface area (Å²) >= 11 is 0. The number of nitrogens with zero attached hydrogens (tertiary/aromatic N) is 2. The molecule has 7 heteroatoms. The third-order valence-electron chi connectivity index (χ3n) is 3.76. The quantitative estimate of drug-likeness (QED) is 0.931. The van der Waals surface area contributed by atoms with Crippen LogP contribution < -0.4 is 5.32 Å². The molecule has 1 amide bonds. The van der Waals surface area contributed by atoms with Crippen molar-refractivity contribution in [3.63, 3.8) is 0 Å². The molecule has 1 aromatic carbocycles. The number of nitrogens with one attached hydrogen (secondary N) is 1. The lowest BCUT2D eigenvalue weighted by Crippen LogP contribution is -2.27. The van der Waals surface area contributed by atoms with Gasteiger partial charge in [-0.3, -0.25) is 9.78 Å². The Labute approximate surface area is 135 Å². The number of hydrogen-bond donors (Lipinski definition) is 1. The summed E-state index contributed by atoms with van der Waals surface area (Å²) < 4.78 is 26.3. The summed E-state index contributed by atoms with van der Waals surface area (Å²) in [6, 6.07) is 9.47. The lowest BCUT2D eigenvalue weighted by Gasteiger charge is -2.15. The minimum Gasteiger partial charge on any atom is -0.322 e. The van der Waals surface area contributed by atoms with Crippen molar-refractivity contribution in [2.75, 3.05) is 18.4 Å². The van der Waals surface area contributed by atoms with Gasteiger partial charge in [0, 0.05) is 36.7 Å². The third-order valence-corrected chi connectivity index (χ3v) is 5.67. The van der Waals surface area contributed by atoms with E-state index in [1.54, 1.807) is 36.7 Å². The molecule has 120 valence electrons. The number of carbonyl (C=O) groups excluding carboxylic acids is 1. The van der Waals surface area contributed by atoms with E-state index in [1.807, 2.05) is 0 Å². The maximum absolute atomic E-state index is 12.4. The largest absolute Gasteiger partial charge is 0.322 e. The smallest absolute Gasteiger partial charge is 0.255 e. The van der Waals surface area contributed by atoms with Gasteiger partial charge >= 0.3 is 0 Å². The topological polar surface area (TPSA) is 79.4 Å². The van der Waals surface area contributed by atoms with Crippen LogP contribution in [0.25, 0.3) is 0 Å². The Morgan fingerprint density at radius 1 is 1.00 bits per heavy atom. The zero-order chi connectivity index (χ0) is 16.3. The van der Waals surface area contributed by atoms with Gasteiger partial charge in [0.2, 0.25) is 10.0 Å². The highest BCUT2D eigenvalue weighted by atomic mass is 32.2. The highest BCUT2D eigenvalue weighted by Crippen LogP contribution is 2.22. The van der Waals surface area contributed by atoms with E-state index in [0.717, 1.165) is 12.8 Å². The maximum Gasteiger partial charge on any atom is 0.255 e. The first-order valence-corrected chi connectivity index (χ1v) is 8.83. The molecule has 23 heavy (non-hydrogen) atoms. The first kappa shape index (κ1) is 15.6. The van der Waals surface area contributed by atoms with Crippen molar-refractivity contribution in [2.45, 2.75) is 17.7 Å². The Kier molecular flexibility index (Phi) is 4.40. The molecule has 1 aliphatic rings. The zero-order valence-electron chi connectivity index (χ0n) is 12.5. The standard InChI is InChI=1S/C16H17N3O3S/c20-16(13-7-9-17-10-8-13)18-14-3-5-15(6-4-14)23(21,22)19-11-1-2-12-19/h3-10H,1-2,11-12H2,(H,18,20). The van der Waals surface area contributed by atoms with Crippen LogP contribution in [0.5, 0.6) is 0 Å². The average molecular weight is 331 g/mol. The molecular formula is C16H17N3O3S. The monoisotopic (exact) mass is 331 g/mol. The van der Waals surface area contributed by atoms with E-state index < -0.39 is 10.0 Å². The van der Waals surface area contributed by atoms with Gasteiger partial charge < -0.3 is 5.32 Å². The number of carbonyl (C=O) groups is 1. The SMILES string of the molecule is O=C(Nc1ccc(S(=O)(=O)N2CCCC2)cc1)c1ccncc1. The molecule has 0 spiro atoms. The molecule has 3 rings (SSSR count). The summed E-state index contributed by atoms with van der Waals surface area (Å²) in [4.78, 5) is 16.2. The lowest BCUT2D eigenvalue weighted by molar-refractivity contribution is 0.102. The molecule has 1 N–H and O–H groups in total. The van der Waals surface area contributed by atoms with Crippen LogP contribution in [0.15, 0.2) is 53.7 Å². The number of benzene rings is 1. The third kappa shape index (κ3) is 3.40. The minimum atomic E-state index is -3.42. The Morgan fingerprint density at radius 2 is 1.61 bits per heavy atom. The average Bonchev–Trinajstić information content (AvgIpc) is 3.11. The van der Waals surface area contributed by atoms with E-state index >= 15 is 0 Å². The van der Waals surface area contributed by atoms with Crippen LogP contribution in [-0.4, -0.2) is 36.7 Å². The zero-order valence-corrected chi connectivity index (χ0v) is 13.3. The van der Waals surface area contributed by atoms with Crippen molar-refractivity contribution in [3.05, 3.63) is 54.4 Å². The second-order valence-corrected chi connectivity index (χ2v) is 7.26. The Balaban J connectivity index is 1.73. The van der Waals surface area contributed by atoms with E-state index in [1.165, 1.54) is 16.4 Å². The van der Waals surface area contributed by atoms with Crippen molar-refractivity contribution >= 4 is 21.6 Å². The molecule has 1 fully saturated rings. The Morgan fingerprint density at radius 3 is 2.22 bits per heavy atom. The summed E-state index contributed by atoms with van der Waals surface area (Å²) in [6.45, 7) is 1.14. The van der Waals surface area contributed by atoms with E-state index in [-0.39, 0.29) is 10.8 Å². The van der Waals surface area contributed by atoms with Crippen molar-refractivity contribution in [1.82, 2.24) is 9.29 Å². The molecule has 1 aromatic heterocycles. The molecular weight excluding hydrogens is 314 g/mol. The second kappa shape index (κ2) is 6.47. The summed E-state index contributed by atoms with van der Waals surface area (Å²) in [5, 5.41) is 2.73. The van der Waals surface area contributed by atoms with Crippen LogP contribution in [0.4, 0.5) is 5.69 Å². The van der Waals surface area contributed by atoms with Gasteiger partial charge in [0.25, 0.3) is 5.91 Å². The number of hydrogen-bond acceptors (Lipinski definition) is 4. The summed E-state index contributed by atoms with van der Waals surface area (Å²) in [5.41, 5.74) is 1.04. The predicted octanol–water partition coefficient (Wildman–Crippen LogP) is 2.12. The van der Waals surface area contributed by atoms with E-state index in [4.69, 9.17) is 0 Å². The number of pyridine rings is 1. The Bertz CT molecular complexity index is 783. The van der Waals surface area contributed by atoms with E-state index in [2.05, 4.69) is 10.3 Å². The molecule has 1 aliphatic heterocycles. The van der Waals surface area contributed by atoms with Gasteiger partial charge in [0.15, 0.2) is 0 Å². The van der Waals surface area contributed by atoms with Gasteiger partial charge in [-0.05, 0) is 49.2 Å². The van der Waals surface area contributed by atoms with E-state index in [0.29, 0.717) is 24.3 Å². The van der Waals surface area contributed by atoms with Crippen LogP contribution in [0.2, 0.25) is 0 Å². The van der Waals surface area contributed by atoms with Crippen molar-refractivity contribution in [1.29, 1.82) is 0 Å². The molecule has 0 aliphatic carbocycles. The van der Waals surface area contributed by atoms with Crippen LogP contribution >= 0.6 is 0 Å². The van der Waals surface area contributed by atoms with Crippen molar-refractivity contribution in [3.8, 4) is 0 Å². The molecule has 0 atom stereocenters. The summed E-state index contributed by atoms with van der Waals surface area (Å²) in [7, 11) is -3.42. The van der Waals surface area contributed by atoms with Gasteiger partial charge in [0.05, 0.1) is 4.90 Å². The first-order chi connectivity index (χ1) is 11.1. The highest BCUT2D eigenvalue weighted by molar-refractivity contribution is 7.89. The van der Waals surface area contributed by atoms with Gasteiger partial charge in [-0.15, -0.1) is 0 Å². The lowest BCUT2D eigenvalue weighted by atomic mass is 10.2. The minimum absolute atomic E-state index is 0.251. The molecule has 0 radical (unpaired) electrons. The number of aromatic nitrogens is 1. The molecule has 0 unspecified atom stereocenters. The molecule has 6 nitrogen and oxygen atoms in total. The number of anilines is 1. The van der Waals surface area contributed by atoms with Gasteiger partial charge in [-0.2, -0.15) is 4.31 Å². The van der Waals surface area contributed by atoms with Crippen molar-refractivity contribution < 1.29 is 13.2 Å². The van der Waals surface area contributed by atoms with Crippen LogP contribution in [-0.2, 0) is 10.0 Å². The highest BCUT2D eigenvalue weighted by Gasteiger charge is 2.26. The Hall–Kier alpha value is -2.25. The normalized spacial score (nSPS) is 15.5. The van der Waals surface area contributed by atoms with Crippen LogP contribution in [0, 0.1) is 0 Å². The summed E-state index contributed by atoms with van der Waals surface area (Å²) in [6.07, 6.45) is 4.89. The molecule has 0 saturated carbocycles. The van der Waals surface area contributed by atoms with Gasteiger partial charge in [-0.1, -0.05) is 0 Å². The van der Waals surface area contributed by atoms with Crippen LogP contribution in [0.1, 0.15) is 23.2 Å². The second-order valence-electron chi connectivity index (χ2n) is 5.33.